The number of aromatic carboxylic acids is 1. The molecule has 2 N–H and O–H groups in total. The summed E-state index contributed by atoms with van der Waals surface area (Å²) in [5.41, 5.74) is 3.26. The number of anilines is 1. The van der Waals surface area contributed by atoms with Gasteiger partial charge >= 0.3 is 5.97 Å². The smallest absolute Gasteiger partial charge is 0.335 e. The summed E-state index contributed by atoms with van der Waals surface area (Å²) >= 11 is 0. The van der Waals surface area contributed by atoms with Gasteiger partial charge in [-0.3, -0.25) is 9.78 Å². The molecule has 32 heavy (non-hydrogen) atoms. The molecule has 5 nitrogen and oxygen atoms in total. The average Bonchev–Trinajstić information content (AvgIpc) is 2.79. The average molecular weight is 447 g/mol. The highest BCUT2D eigenvalue weighted by atomic mass is 35.5. The Labute approximate surface area is 192 Å². The number of carboxylic acid groups (broad SMARTS) is 1. The predicted molar refractivity (Wildman–Crippen MR) is 129 cm³/mol. The fourth-order valence-electron chi connectivity index (χ4n) is 3.79. The topological polar surface area (TPSA) is 79.3 Å². The minimum absolute atomic E-state index is 0. The van der Waals surface area contributed by atoms with Crippen LogP contribution in [0.2, 0.25) is 0 Å². The van der Waals surface area contributed by atoms with Crippen LogP contribution in [0.1, 0.15) is 39.9 Å². The zero-order chi connectivity index (χ0) is 21.8. The third-order valence-electron chi connectivity index (χ3n) is 5.47. The summed E-state index contributed by atoms with van der Waals surface area (Å²) in [4.78, 5) is 28.8. The lowest BCUT2D eigenvalue weighted by molar-refractivity contribution is -0.117. The van der Waals surface area contributed by atoms with E-state index in [9.17, 15) is 14.7 Å². The Morgan fingerprint density at radius 2 is 1.66 bits per heavy atom. The lowest BCUT2D eigenvalue weighted by Gasteiger charge is -2.17. The van der Waals surface area contributed by atoms with Crippen molar-refractivity contribution in [3.8, 4) is 0 Å². The van der Waals surface area contributed by atoms with Crippen LogP contribution in [0.4, 0.5) is 5.69 Å². The second kappa shape index (κ2) is 10.1. The van der Waals surface area contributed by atoms with Gasteiger partial charge in [0.25, 0.3) is 0 Å². The first-order chi connectivity index (χ1) is 15.0. The second-order valence-corrected chi connectivity index (χ2v) is 7.45. The van der Waals surface area contributed by atoms with Gasteiger partial charge in [-0.1, -0.05) is 60.7 Å². The van der Waals surface area contributed by atoms with Crippen LogP contribution < -0.4 is 5.32 Å². The molecule has 0 bridgehead atoms. The van der Waals surface area contributed by atoms with E-state index in [0.717, 1.165) is 21.9 Å². The third kappa shape index (κ3) is 4.79. The quantitative estimate of drug-likeness (QED) is 0.399. The van der Waals surface area contributed by atoms with Crippen LogP contribution in [-0.2, 0) is 11.2 Å². The molecule has 1 aromatic heterocycles. The summed E-state index contributed by atoms with van der Waals surface area (Å²) in [6.45, 7) is 1.89. The van der Waals surface area contributed by atoms with Crippen molar-refractivity contribution in [2.45, 2.75) is 19.3 Å². The Morgan fingerprint density at radius 3 is 2.47 bits per heavy atom. The minimum Gasteiger partial charge on any atom is -0.478 e. The summed E-state index contributed by atoms with van der Waals surface area (Å²) in [6, 6.07) is 22.6. The number of hydrogen-bond acceptors (Lipinski definition) is 3. The Balaban J connectivity index is 0.00000289. The molecule has 0 spiro atoms. The summed E-state index contributed by atoms with van der Waals surface area (Å²) in [5, 5.41) is 14.6. The number of carbonyl (C=O) groups excluding carboxylic acids is 1. The lowest BCUT2D eigenvalue weighted by Crippen LogP contribution is -2.20. The molecule has 0 saturated carbocycles. The van der Waals surface area contributed by atoms with Crippen molar-refractivity contribution in [1.29, 1.82) is 0 Å². The molecule has 162 valence electrons. The summed E-state index contributed by atoms with van der Waals surface area (Å²) in [5.74, 6) is -1.47. The molecule has 6 heteroatoms. The van der Waals surface area contributed by atoms with Crippen molar-refractivity contribution in [3.63, 3.8) is 0 Å². The zero-order valence-corrected chi connectivity index (χ0v) is 18.3. The van der Waals surface area contributed by atoms with Crippen LogP contribution in [0, 0.1) is 0 Å². The van der Waals surface area contributed by atoms with Crippen molar-refractivity contribution in [2.75, 3.05) is 5.32 Å². The maximum Gasteiger partial charge on any atom is 0.335 e. The van der Waals surface area contributed by atoms with Gasteiger partial charge in [0.1, 0.15) is 0 Å². The Morgan fingerprint density at radius 1 is 0.938 bits per heavy atom. The van der Waals surface area contributed by atoms with E-state index < -0.39 is 5.97 Å². The SMILES string of the molecule is CC(C(=O)Nc1ccncc1Cc1ccccc1C(=O)O)c1cccc2ccccc12.Cl. The fraction of sp³-hybridized carbons (Fsp3) is 0.115. The first-order valence-corrected chi connectivity index (χ1v) is 10.1. The lowest BCUT2D eigenvalue weighted by atomic mass is 9.94. The van der Waals surface area contributed by atoms with Crippen LogP contribution >= 0.6 is 12.4 Å². The van der Waals surface area contributed by atoms with Gasteiger partial charge in [-0.25, -0.2) is 4.79 Å². The van der Waals surface area contributed by atoms with Crippen molar-refractivity contribution in [3.05, 3.63) is 107 Å². The predicted octanol–water partition coefficient (Wildman–Crippen LogP) is 5.69. The molecule has 1 atom stereocenters. The second-order valence-electron chi connectivity index (χ2n) is 7.45. The van der Waals surface area contributed by atoms with Crippen LogP contribution in [0.15, 0.2) is 85.2 Å². The molecule has 0 aliphatic carbocycles. The molecule has 0 aliphatic heterocycles. The van der Waals surface area contributed by atoms with Crippen molar-refractivity contribution < 1.29 is 14.7 Å². The number of carboxylic acids is 1. The largest absolute Gasteiger partial charge is 0.478 e. The monoisotopic (exact) mass is 446 g/mol. The molecule has 4 aromatic rings. The van der Waals surface area contributed by atoms with E-state index in [0.29, 0.717) is 17.7 Å². The number of nitrogens with zero attached hydrogens (tertiary/aromatic N) is 1. The Kier molecular flexibility index (Phi) is 7.23. The van der Waals surface area contributed by atoms with Crippen LogP contribution in [0.3, 0.4) is 0 Å². The number of benzene rings is 3. The van der Waals surface area contributed by atoms with E-state index in [-0.39, 0.29) is 29.8 Å². The molecule has 1 heterocycles. The molecule has 0 radical (unpaired) electrons. The van der Waals surface area contributed by atoms with Gasteiger partial charge in [-0.05, 0) is 46.5 Å². The van der Waals surface area contributed by atoms with Gasteiger partial charge in [0.15, 0.2) is 0 Å². The molecule has 1 amide bonds. The maximum absolute atomic E-state index is 13.1. The molecule has 0 aliphatic rings. The van der Waals surface area contributed by atoms with Gasteiger partial charge in [-0.15, -0.1) is 12.4 Å². The fourth-order valence-corrected chi connectivity index (χ4v) is 3.79. The Hall–Kier alpha value is -3.70. The van der Waals surface area contributed by atoms with E-state index in [1.165, 1.54) is 0 Å². The van der Waals surface area contributed by atoms with Gasteiger partial charge in [0.05, 0.1) is 11.5 Å². The first kappa shape index (κ1) is 23.0. The standard InChI is InChI=1S/C26H22N2O3.ClH/c1-17(21-12-6-9-18-7-2-4-10-22(18)21)25(29)28-24-13-14-27-16-20(24)15-19-8-3-5-11-23(19)26(30)31;/h2-14,16-17H,15H2,1H3,(H,30,31)(H,27,28,29);1H. The van der Waals surface area contributed by atoms with E-state index in [2.05, 4.69) is 10.3 Å². The van der Waals surface area contributed by atoms with Gasteiger partial charge in [-0.2, -0.15) is 0 Å². The highest BCUT2D eigenvalue weighted by Gasteiger charge is 2.19. The maximum atomic E-state index is 13.1. The number of halogens is 1. The molecule has 0 saturated heterocycles. The van der Waals surface area contributed by atoms with Gasteiger partial charge < -0.3 is 10.4 Å². The van der Waals surface area contributed by atoms with Crippen LogP contribution in [-0.4, -0.2) is 22.0 Å². The summed E-state index contributed by atoms with van der Waals surface area (Å²) < 4.78 is 0. The van der Waals surface area contributed by atoms with Crippen LogP contribution in [0.5, 0.6) is 0 Å². The Bertz CT molecular complexity index is 1270. The summed E-state index contributed by atoms with van der Waals surface area (Å²) in [6.07, 6.45) is 3.64. The third-order valence-corrected chi connectivity index (χ3v) is 5.47. The van der Waals surface area contributed by atoms with Crippen molar-refractivity contribution >= 4 is 40.7 Å². The molecular weight excluding hydrogens is 424 g/mol. The number of aromatic nitrogens is 1. The molecule has 0 fully saturated rings. The highest BCUT2D eigenvalue weighted by Crippen LogP contribution is 2.28. The molecule has 4 rings (SSSR count). The first-order valence-electron chi connectivity index (χ1n) is 10.1. The molecule has 1 unspecified atom stereocenters. The summed E-state index contributed by atoms with van der Waals surface area (Å²) in [7, 11) is 0. The van der Waals surface area contributed by atoms with Crippen LogP contribution in [0.25, 0.3) is 10.8 Å². The normalized spacial score (nSPS) is 11.4. The number of rotatable bonds is 6. The van der Waals surface area contributed by atoms with E-state index in [1.807, 2.05) is 49.4 Å². The number of nitrogens with one attached hydrogen (secondary N) is 1. The van der Waals surface area contributed by atoms with Gasteiger partial charge in [0, 0.05) is 24.5 Å². The molecular formula is C26H23ClN2O3. The number of pyridine rings is 1. The number of amides is 1. The van der Waals surface area contributed by atoms with E-state index >= 15 is 0 Å². The molecule has 3 aromatic carbocycles. The van der Waals surface area contributed by atoms with Gasteiger partial charge in [0.2, 0.25) is 5.91 Å². The van der Waals surface area contributed by atoms with Crippen molar-refractivity contribution in [2.24, 2.45) is 0 Å². The minimum atomic E-state index is -0.977. The zero-order valence-electron chi connectivity index (χ0n) is 17.5. The highest BCUT2D eigenvalue weighted by molar-refractivity contribution is 5.99. The number of carbonyl (C=O) groups is 2. The van der Waals surface area contributed by atoms with E-state index in [1.54, 1.807) is 42.7 Å². The number of hydrogen-bond donors (Lipinski definition) is 2. The van der Waals surface area contributed by atoms with Crippen molar-refractivity contribution in [1.82, 2.24) is 4.98 Å². The van der Waals surface area contributed by atoms with E-state index in [4.69, 9.17) is 0 Å². The number of fused-ring (bicyclic) bond motifs is 1.